The van der Waals surface area contributed by atoms with Gasteiger partial charge in [0, 0.05) is 12.0 Å². The summed E-state index contributed by atoms with van der Waals surface area (Å²) >= 11 is 6.05. The molecule has 0 aliphatic rings. The highest BCUT2D eigenvalue weighted by molar-refractivity contribution is 6.32. The van der Waals surface area contributed by atoms with Crippen LogP contribution < -0.4 is 4.74 Å². The topological polar surface area (TPSA) is 65.2 Å². The average molecular weight is 295 g/mol. The van der Waals surface area contributed by atoms with Gasteiger partial charge in [-0.3, -0.25) is 4.79 Å². The van der Waals surface area contributed by atoms with Gasteiger partial charge in [-0.1, -0.05) is 23.7 Å². The van der Waals surface area contributed by atoms with Crippen LogP contribution in [0.3, 0.4) is 0 Å². The SMILES string of the molecule is CCCc1noc(COc2ccc(C(C)=O)cc2Cl)n1. The van der Waals surface area contributed by atoms with Crippen molar-refractivity contribution in [3.63, 3.8) is 0 Å². The first-order chi connectivity index (χ1) is 9.60. The zero-order valence-corrected chi connectivity index (χ0v) is 12.1. The van der Waals surface area contributed by atoms with E-state index in [-0.39, 0.29) is 12.4 Å². The average Bonchev–Trinajstić information content (AvgIpc) is 2.85. The van der Waals surface area contributed by atoms with Gasteiger partial charge in [0.2, 0.25) is 0 Å². The van der Waals surface area contributed by atoms with Gasteiger partial charge in [-0.15, -0.1) is 0 Å². The highest BCUT2D eigenvalue weighted by Crippen LogP contribution is 2.26. The first-order valence-electron chi connectivity index (χ1n) is 6.35. The lowest BCUT2D eigenvalue weighted by molar-refractivity contribution is 0.101. The standard InChI is InChI=1S/C14H15ClN2O3/c1-3-4-13-16-14(20-17-13)8-19-12-6-5-10(9(2)18)7-11(12)15/h5-7H,3-4,8H2,1-2H3. The van der Waals surface area contributed by atoms with Gasteiger partial charge in [-0.2, -0.15) is 4.98 Å². The number of Topliss-reactive ketones (excluding diaryl/α,β-unsaturated/α-hetero) is 1. The maximum absolute atomic E-state index is 11.2. The molecular formula is C14H15ClN2O3. The summed E-state index contributed by atoms with van der Waals surface area (Å²) in [5.74, 6) is 1.51. The molecule has 106 valence electrons. The van der Waals surface area contributed by atoms with E-state index in [4.69, 9.17) is 20.9 Å². The fourth-order valence-electron chi connectivity index (χ4n) is 1.65. The maximum Gasteiger partial charge on any atom is 0.264 e. The van der Waals surface area contributed by atoms with Crippen LogP contribution in [0, 0.1) is 0 Å². The largest absolute Gasteiger partial charge is 0.482 e. The number of rotatable bonds is 6. The van der Waals surface area contributed by atoms with Gasteiger partial charge in [-0.25, -0.2) is 0 Å². The van der Waals surface area contributed by atoms with Crippen LogP contribution in [0.25, 0.3) is 0 Å². The van der Waals surface area contributed by atoms with E-state index in [1.54, 1.807) is 18.2 Å². The Morgan fingerprint density at radius 1 is 1.45 bits per heavy atom. The minimum absolute atomic E-state index is 0.0421. The molecule has 0 radical (unpaired) electrons. The summed E-state index contributed by atoms with van der Waals surface area (Å²) in [6, 6.07) is 4.90. The van der Waals surface area contributed by atoms with Crippen molar-refractivity contribution in [2.45, 2.75) is 33.3 Å². The Kier molecular flexibility index (Phi) is 4.74. The number of hydrogen-bond donors (Lipinski definition) is 0. The summed E-state index contributed by atoms with van der Waals surface area (Å²) in [6.07, 6.45) is 1.73. The number of ketones is 1. The number of aryl methyl sites for hydroxylation is 1. The van der Waals surface area contributed by atoms with Gasteiger partial charge in [0.1, 0.15) is 5.75 Å². The number of carbonyl (C=O) groups is 1. The highest BCUT2D eigenvalue weighted by Gasteiger charge is 2.09. The molecule has 5 nitrogen and oxygen atoms in total. The Hall–Kier alpha value is -1.88. The molecule has 1 aromatic carbocycles. The molecule has 0 atom stereocenters. The van der Waals surface area contributed by atoms with E-state index >= 15 is 0 Å². The lowest BCUT2D eigenvalue weighted by Gasteiger charge is -2.06. The summed E-state index contributed by atoms with van der Waals surface area (Å²) < 4.78 is 10.6. The van der Waals surface area contributed by atoms with Crippen LogP contribution >= 0.6 is 11.6 Å². The molecule has 0 spiro atoms. The second kappa shape index (κ2) is 6.52. The summed E-state index contributed by atoms with van der Waals surface area (Å²) in [4.78, 5) is 15.4. The van der Waals surface area contributed by atoms with E-state index in [2.05, 4.69) is 10.1 Å². The molecule has 0 aliphatic carbocycles. The monoisotopic (exact) mass is 294 g/mol. The van der Waals surface area contributed by atoms with Crippen molar-refractivity contribution in [1.82, 2.24) is 10.1 Å². The third-order valence-electron chi connectivity index (χ3n) is 2.67. The normalized spacial score (nSPS) is 10.6. The van der Waals surface area contributed by atoms with E-state index in [9.17, 15) is 4.79 Å². The van der Waals surface area contributed by atoms with Gasteiger partial charge in [0.25, 0.3) is 5.89 Å². The number of halogens is 1. The second-order valence-corrected chi connectivity index (χ2v) is 4.75. The fourth-order valence-corrected chi connectivity index (χ4v) is 1.89. The van der Waals surface area contributed by atoms with Crippen molar-refractivity contribution in [1.29, 1.82) is 0 Å². The highest BCUT2D eigenvalue weighted by atomic mass is 35.5. The van der Waals surface area contributed by atoms with Crippen LogP contribution in [-0.2, 0) is 13.0 Å². The first kappa shape index (κ1) is 14.5. The number of hydrogen-bond acceptors (Lipinski definition) is 5. The molecule has 0 unspecified atom stereocenters. The van der Waals surface area contributed by atoms with Crippen molar-refractivity contribution >= 4 is 17.4 Å². The molecule has 0 saturated carbocycles. The Bertz CT molecular complexity index is 610. The predicted molar refractivity (Wildman–Crippen MR) is 74.1 cm³/mol. The zero-order chi connectivity index (χ0) is 14.5. The van der Waals surface area contributed by atoms with E-state index in [1.165, 1.54) is 6.92 Å². The number of benzene rings is 1. The number of aromatic nitrogens is 2. The Labute approximate surface area is 121 Å². The van der Waals surface area contributed by atoms with Crippen molar-refractivity contribution in [2.24, 2.45) is 0 Å². The van der Waals surface area contributed by atoms with E-state index in [0.29, 0.717) is 28.1 Å². The summed E-state index contributed by atoms with van der Waals surface area (Å²) in [5.41, 5.74) is 0.547. The number of ether oxygens (including phenoxy) is 1. The third-order valence-corrected chi connectivity index (χ3v) is 2.97. The van der Waals surface area contributed by atoms with E-state index in [1.807, 2.05) is 6.92 Å². The molecule has 1 heterocycles. The van der Waals surface area contributed by atoms with Crippen LogP contribution in [-0.4, -0.2) is 15.9 Å². The van der Waals surface area contributed by atoms with Gasteiger partial charge < -0.3 is 9.26 Å². The molecule has 20 heavy (non-hydrogen) atoms. The van der Waals surface area contributed by atoms with Crippen molar-refractivity contribution < 1.29 is 14.1 Å². The lowest BCUT2D eigenvalue weighted by Crippen LogP contribution is -1.98. The molecule has 0 fully saturated rings. The number of carbonyl (C=O) groups excluding carboxylic acids is 1. The van der Waals surface area contributed by atoms with Gasteiger partial charge >= 0.3 is 0 Å². The van der Waals surface area contributed by atoms with E-state index < -0.39 is 0 Å². The molecule has 2 aromatic rings. The molecule has 0 aliphatic heterocycles. The molecule has 0 bridgehead atoms. The zero-order valence-electron chi connectivity index (χ0n) is 11.4. The minimum Gasteiger partial charge on any atom is -0.482 e. The number of nitrogens with zero attached hydrogens (tertiary/aromatic N) is 2. The van der Waals surface area contributed by atoms with Gasteiger partial charge in [0.15, 0.2) is 18.2 Å². The summed E-state index contributed by atoms with van der Waals surface area (Å²) in [7, 11) is 0. The lowest BCUT2D eigenvalue weighted by atomic mass is 10.1. The summed E-state index contributed by atoms with van der Waals surface area (Å²) in [5, 5.41) is 4.21. The van der Waals surface area contributed by atoms with Crippen molar-refractivity contribution in [3.8, 4) is 5.75 Å². The third kappa shape index (κ3) is 3.57. The van der Waals surface area contributed by atoms with Gasteiger partial charge in [0.05, 0.1) is 5.02 Å². The van der Waals surface area contributed by atoms with Crippen LogP contribution in [0.2, 0.25) is 5.02 Å². The second-order valence-electron chi connectivity index (χ2n) is 4.34. The maximum atomic E-state index is 11.2. The first-order valence-corrected chi connectivity index (χ1v) is 6.72. The molecule has 0 amide bonds. The Morgan fingerprint density at radius 2 is 2.25 bits per heavy atom. The summed E-state index contributed by atoms with van der Waals surface area (Å²) in [6.45, 7) is 3.68. The molecule has 0 saturated heterocycles. The van der Waals surface area contributed by atoms with Gasteiger partial charge in [-0.05, 0) is 31.5 Å². The Morgan fingerprint density at radius 3 is 2.90 bits per heavy atom. The minimum atomic E-state index is -0.0421. The van der Waals surface area contributed by atoms with Crippen LogP contribution in [0.1, 0.15) is 42.3 Å². The van der Waals surface area contributed by atoms with Crippen molar-refractivity contribution in [2.75, 3.05) is 0 Å². The van der Waals surface area contributed by atoms with Crippen LogP contribution in [0.4, 0.5) is 0 Å². The quantitative estimate of drug-likeness (QED) is 0.763. The molecule has 0 N–H and O–H groups in total. The Balaban J connectivity index is 2.01. The van der Waals surface area contributed by atoms with E-state index in [0.717, 1.165) is 12.8 Å². The predicted octanol–water partition coefficient (Wildman–Crippen LogP) is 3.46. The van der Waals surface area contributed by atoms with Crippen molar-refractivity contribution in [3.05, 3.63) is 40.5 Å². The molecule has 1 aromatic heterocycles. The molecular weight excluding hydrogens is 280 g/mol. The molecule has 2 rings (SSSR count). The van der Waals surface area contributed by atoms with Crippen LogP contribution in [0.5, 0.6) is 5.75 Å². The molecule has 6 heteroatoms. The smallest absolute Gasteiger partial charge is 0.264 e. The van der Waals surface area contributed by atoms with Crippen LogP contribution in [0.15, 0.2) is 22.7 Å². The fraction of sp³-hybridized carbons (Fsp3) is 0.357.